The molecule has 1 aliphatic rings. The van der Waals surface area contributed by atoms with Crippen LogP contribution in [0.4, 0.5) is 0 Å². The number of amides is 1. The molecule has 21 heavy (non-hydrogen) atoms. The van der Waals surface area contributed by atoms with E-state index in [1.807, 2.05) is 23.1 Å². The molecule has 0 heterocycles. The van der Waals surface area contributed by atoms with Gasteiger partial charge in [0, 0.05) is 26.1 Å². The molecule has 4 heteroatoms. The summed E-state index contributed by atoms with van der Waals surface area (Å²) in [5.41, 5.74) is 6.91. The van der Waals surface area contributed by atoms with E-state index in [0.29, 0.717) is 19.5 Å². The fraction of sp³-hybridized carbons (Fsp3) is 0.588. The number of benzene rings is 1. The number of hydrogen-bond donors (Lipinski definition) is 1. The molecule has 3 nitrogen and oxygen atoms in total. The molecule has 118 valence electrons. The standard InChI is InChI=1S/C17H26N2O.ClH/c18-12-14-19(13-11-16-5-2-1-3-6-16)17(20)10-9-15-7-4-8-15;/h1-3,5-6,15H,4,7-14,18H2;1H. The van der Waals surface area contributed by atoms with Crippen molar-refractivity contribution in [2.75, 3.05) is 19.6 Å². The van der Waals surface area contributed by atoms with Crippen LogP contribution >= 0.6 is 12.4 Å². The Morgan fingerprint density at radius 2 is 1.90 bits per heavy atom. The summed E-state index contributed by atoms with van der Waals surface area (Å²) in [4.78, 5) is 14.2. The SMILES string of the molecule is Cl.NCCN(CCc1ccccc1)C(=O)CCC1CCC1. The number of halogens is 1. The third-order valence-corrected chi connectivity index (χ3v) is 4.26. The van der Waals surface area contributed by atoms with E-state index in [-0.39, 0.29) is 18.3 Å². The highest BCUT2D eigenvalue weighted by Crippen LogP contribution is 2.30. The number of carbonyl (C=O) groups is 1. The molecule has 1 saturated carbocycles. The highest BCUT2D eigenvalue weighted by molar-refractivity contribution is 5.85. The van der Waals surface area contributed by atoms with Gasteiger partial charge in [-0.25, -0.2) is 0 Å². The Labute approximate surface area is 134 Å². The van der Waals surface area contributed by atoms with Gasteiger partial charge in [0.05, 0.1) is 0 Å². The Balaban J connectivity index is 0.00000220. The van der Waals surface area contributed by atoms with Crippen LogP contribution in [0.3, 0.4) is 0 Å². The van der Waals surface area contributed by atoms with Gasteiger partial charge in [-0.2, -0.15) is 0 Å². The van der Waals surface area contributed by atoms with Crippen LogP contribution in [0.5, 0.6) is 0 Å². The molecule has 0 unspecified atom stereocenters. The molecule has 2 N–H and O–H groups in total. The van der Waals surface area contributed by atoms with Crippen molar-refractivity contribution >= 4 is 18.3 Å². The van der Waals surface area contributed by atoms with Gasteiger partial charge < -0.3 is 10.6 Å². The molecule has 1 amide bonds. The summed E-state index contributed by atoms with van der Waals surface area (Å²) >= 11 is 0. The largest absolute Gasteiger partial charge is 0.341 e. The zero-order valence-corrected chi connectivity index (χ0v) is 13.5. The smallest absolute Gasteiger partial charge is 0.222 e. The Morgan fingerprint density at radius 3 is 2.48 bits per heavy atom. The van der Waals surface area contributed by atoms with Gasteiger partial charge in [0.15, 0.2) is 0 Å². The molecule has 1 aliphatic carbocycles. The lowest BCUT2D eigenvalue weighted by Crippen LogP contribution is -2.37. The molecule has 1 aromatic rings. The summed E-state index contributed by atoms with van der Waals surface area (Å²) in [6.45, 7) is 2.00. The first-order chi connectivity index (χ1) is 9.79. The molecule has 0 spiro atoms. The molecule has 2 rings (SSSR count). The number of nitrogens with two attached hydrogens (primary N) is 1. The number of rotatable bonds is 8. The minimum absolute atomic E-state index is 0. The molecule has 0 radical (unpaired) electrons. The van der Waals surface area contributed by atoms with Gasteiger partial charge >= 0.3 is 0 Å². The van der Waals surface area contributed by atoms with Crippen molar-refractivity contribution in [2.24, 2.45) is 11.7 Å². The van der Waals surface area contributed by atoms with Crippen LogP contribution < -0.4 is 5.73 Å². The fourth-order valence-electron chi connectivity index (χ4n) is 2.69. The van der Waals surface area contributed by atoms with Crippen LogP contribution in [0.15, 0.2) is 30.3 Å². The predicted octanol–water partition coefficient (Wildman–Crippen LogP) is 3.02. The highest BCUT2D eigenvalue weighted by atomic mass is 35.5. The first kappa shape index (κ1) is 18.0. The topological polar surface area (TPSA) is 46.3 Å². The van der Waals surface area contributed by atoms with Crippen molar-refractivity contribution < 1.29 is 4.79 Å². The van der Waals surface area contributed by atoms with Gasteiger partial charge in [-0.1, -0.05) is 49.6 Å². The minimum atomic E-state index is 0. The van der Waals surface area contributed by atoms with Gasteiger partial charge in [-0.15, -0.1) is 12.4 Å². The molecular weight excluding hydrogens is 284 g/mol. The van der Waals surface area contributed by atoms with Gasteiger partial charge in [-0.05, 0) is 24.3 Å². The second kappa shape index (κ2) is 9.80. The summed E-state index contributed by atoms with van der Waals surface area (Å²) < 4.78 is 0. The average molecular weight is 311 g/mol. The lowest BCUT2D eigenvalue weighted by molar-refractivity contribution is -0.131. The Bertz CT molecular complexity index is 407. The zero-order chi connectivity index (χ0) is 14.2. The van der Waals surface area contributed by atoms with Crippen LogP contribution in [0.25, 0.3) is 0 Å². The van der Waals surface area contributed by atoms with E-state index in [9.17, 15) is 4.79 Å². The first-order valence-corrected chi connectivity index (χ1v) is 7.81. The van der Waals surface area contributed by atoms with Gasteiger partial charge in [0.2, 0.25) is 5.91 Å². The maximum Gasteiger partial charge on any atom is 0.222 e. The normalized spacial score (nSPS) is 14.1. The Kier molecular flexibility index (Phi) is 8.40. The van der Waals surface area contributed by atoms with E-state index in [1.54, 1.807) is 0 Å². The third kappa shape index (κ3) is 6.06. The number of hydrogen-bond acceptors (Lipinski definition) is 2. The van der Waals surface area contributed by atoms with E-state index < -0.39 is 0 Å². The summed E-state index contributed by atoms with van der Waals surface area (Å²) in [6, 6.07) is 10.3. The second-order valence-electron chi connectivity index (χ2n) is 5.74. The molecule has 0 saturated heterocycles. The van der Waals surface area contributed by atoms with E-state index in [4.69, 9.17) is 5.73 Å². The van der Waals surface area contributed by atoms with Crippen LogP contribution in [-0.4, -0.2) is 30.4 Å². The van der Waals surface area contributed by atoms with Gasteiger partial charge in [0.1, 0.15) is 0 Å². The van der Waals surface area contributed by atoms with Crippen molar-refractivity contribution in [1.29, 1.82) is 0 Å². The molecule has 0 aliphatic heterocycles. The lowest BCUT2D eigenvalue weighted by Gasteiger charge is -2.27. The van der Waals surface area contributed by atoms with Crippen LogP contribution in [0.1, 0.15) is 37.7 Å². The van der Waals surface area contributed by atoms with Crippen molar-refractivity contribution in [3.8, 4) is 0 Å². The second-order valence-corrected chi connectivity index (χ2v) is 5.74. The van der Waals surface area contributed by atoms with Crippen molar-refractivity contribution in [1.82, 2.24) is 4.90 Å². The van der Waals surface area contributed by atoms with Crippen LogP contribution in [0, 0.1) is 5.92 Å². The maximum absolute atomic E-state index is 12.3. The summed E-state index contributed by atoms with van der Waals surface area (Å²) in [5.74, 6) is 1.08. The molecule has 1 aromatic carbocycles. The quantitative estimate of drug-likeness (QED) is 0.802. The average Bonchev–Trinajstić information content (AvgIpc) is 2.42. The molecular formula is C17H27ClN2O. The van der Waals surface area contributed by atoms with Gasteiger partial charge in [0.25, 0.3) is 0 Å². The number of carbonyl (C=O) groups excluding carboxylic acids is 1. The van der Waals surface area contributed by atoms with Gasteiger partial charge in [-0.3, -0.25) is 4.79 Å². The summed E-state index contributed by atoms with van der Waals surface area (Å²) in [7, 11) is 0. The number of nitrogens with zero attached hydrogens (tertiary/aromatic N) is 1. The Hall–Kier alpha value is -1.06. The van der Waals surface area contributed by atoms with E-state index in [2.05, 4.69) is 12.1 Å². The van der Waals surface area contributed by atoms with Crippen molar-refractivity contribution in [3.05, 3.63) is 35.9 Å². The van der Waals surface area contributed by atoms with Crippen LogP contribution in [-0.2, 0) is 11.2 Å². The monoisotopic (exact) mass is 310 g/mol. The Morgan fingerprint density at radius 1 is 1.19 bits per heavy atom. The molecule has 0 atom stereocenters. The van der Waals surface area contributed by atoms with E-state index in [0.717, 1.165) is 25.3 Å². The summed E-state index contributed by atoms with van der Waals surface area (Å²) in [6.07, 6.45) is 6.64. The third-order valence-electron chi connectivity index (χ3n) is 4.26. The summed E-state index contributed by atoms with van der Waals surface area (Å²) in [5, 5.41) is 0. The first-order valence-electron chi connectivity index (χ1n) is 7.81. The highest BCUT2D eigenvalue weighted by Gasteiger charge is 2.20. The zero-order valence-electron chi connectivity index (χ0n) is 12.7. The van der Waals surface area contributed by atoms with Crippen molar-refractivity contribution in [3.63, 3.8) is 0 Å². The molecule has 0 bridgehead atoms. The predicted molar refractivity (Wildman–Crippen MR) is 89.6 cm³/mol. The lowest BCUT2D eigenvalue weighted by atomic mass is 9.82. The van der Waals surface area contributed by atoms with Crippen molar-refractivity contribution in [2.45, 2.75) is 38.5 Å². The molecule has 1 fully saturated rings. The van der Waals surface area contributed by atoms with E-state index >= 15 is 0 Å². The molecule has 0 aromatic heterocycles. The maximum atomic E-state index is 12.3. The van der Waals surface area contributed by atoms with E-state index in [1.165, 1.54) is 24.8 Å². The minimum Gasteiger partial charge on any atom is -0.341 e. The van der Waals surface area contributed by atoms with Crippen LogP contribution in [0.2, 0.25) is 0 Å². The fourth-order valence-corrected chi connectivity index (χ4v) is 2.69.